The van der Waals surface area contributed by atoms with Gasteiger partial charge in [0, 0.05) is 25.7 Å². The fourth-order valence-corrected chi connectivity index (χ4v) is 2.23. The molecule has 1 aliphatic rings. The molecular weight excluding hydrogens is 228 g/mol. The second-order valence-corrected chi connectivity index (χ2v) is 5.05. The van der Waals surface area contributed by atoms with Crippen molar-refractivity contribution in [2.75, 3.05) is 26.7 Å². The smallest absolute Gasteiger partial charge is 0.257 e. The molecule has 1 saturated heterocycles. The van der Waals surface area contributed by atoms with E-state index in [4.69, 9.17) is 0 Å². The molecule has 4 nitrogen and oxygen atoms in total. The molecule has 1 amide bonds. The van der Waals surface area contributed by atoms with Gasteiger partial charge in [0.1, 0.15) is 5.75 Å². The lowest BCUT2D eigenvalue weighted by atomic mass is 10.1. The van der Waals surface area contributed by atoms with E-state index in [0.717, 1.165) is 12.1 Å². The largest absolute Gasteiger partial charge is 0.507 e. The number of phenolic OH excluding ortho intramolecular Hbond substituents is 1. The zero-order valence-electron chi connectivity index (χ0n) is 11.2. The van der Waals surface area contributed by atoms with Crippen molar-refractivity contribution in [3.63, 3.8) is 0 Å². The van der Waals surface area contributed by atoms with Gasteiger partial charge in [0.25, 0.3) is 5.91 Å². The van der Waals surface area contributed by atoms with E-state index in [2.05, 4.69) is 18.9 Å². The third kappa shape index (κ3) is 2.34. The minimum absolute atomic E-state index is 0.0730. The summed E-state index contributed by atoms with van der Waals surface area (Å²) in [6.07, 6.45) is 0. The normalized spacial score (nSPS) is 21.1. The van der Waals surface area contributed by atoms with Gasteiger partial charge in [-0.3, -0.25) is 4.79 Å². The minimum Gasteiger partial charge on any atom is -0.507 e. The molecule has 1 aliphatic heterocycles. The van der Waals surface area contributed by atoms with Gasteiger partial charge in [-0.25, -0.2) is 0 Å². The summed E-state index contributed by atoms with van der Waals surface area (Å²) in [4.78, 5) is 16.4. The fraction of sp³-hybridized carbons (Fsp3) is 0.500. The highest BCUT2D eigenvalue weighted by atomic mass is 16.3. The number of hydrogen-bond acceptors (Lipinski definition) is 3. The van der Waals surface area contributed by atoms with E-state index < -0.39 is 0 Å². The van der Waals surface area contributed by atoms with Crippen LogP contribution in [0.25, 0.3) is 0 Å². The first-order chi connectivity index (χ1) is 8.50. The van der Waals surface area contributed by atoms with E-state index in [9.17, 15) is 9.90 Å². The molecule has 2 rings (SSSR count). The highest BCUT2D eigenvalue weighted by Gasteiger charge is 2.26. The number of piperazine rings is 1. The summed E-state index contributed by atoms with van der Waals surface area (Å²) in [5, 5.41) is 9.96. The first kappa shape index (κ1) is 12.9. The molecule has 1 heterocycles. The van der Waals surface area contributed by atoms with Crippen molar-refractivity contribution >= 4 is 5.91 Å². The number of carbonyl (C=O) groups is 1. The molecule has 0 aromatic heterocycles. The van der Waals surface area contributed by atoms with Gasteiger partial charge in [0.05, 0.1) is 5.56 Å². The lowest BCUT2D eigenvalue weighted by Gasteiger charge is -2.37. The molecule has 0 saturated carbocycles. The number of rotatable bonds is 1. The standard InChI is InChI=1S/C14H20N2O2/c1-10-5-4-6-12(13(10)17)14(18)16-8-7-15(3)11(2)9-16/h4-6,11,17H,7-9H2,1-3H3. The Hall–Kier alpha value is -1.55. The molecule has 1 aromatic rings. The third-order valence-corrected chi connectivity index (χ3v) is 3.72. The predicted molar refractivity (Wildman–Crippen MR) is 70.8 cm³/mol. The number of benzene rings is 1. The van der Waals surface area contributed by atoms with E-state index in [1.807, 2.05) is 11.0 Å². The van der Waals surface area contributed by atoms with Crippen LogP contribution in [-0.4, -0.2) is 53.5 Å². The molecule has 0 aliphatic carbocycles. The predicted octanol–water partition coefficient (Wildman–Crippen LogP) is 1.48. The number of carbonyl (C=O) groups excluding carboxylic acids is 1. The molecule has 1 fully saturated rings. The van der Waals surface area contributed by atoms with Crippen LogP contribution >= 0.6 is 0 Å². The molecular formula is C14H20N2O2. The number of nitrogens with zero attached hydrogens (tertiary/aromatic N) is 2. The van der Waals surface area contributed by atoms with Gasteiger partial charge in [0.15, 0.2) is 0 Å². The number of hydrogen-bond donors (Lipinski definition) is 1. The van der Waals surface area contributed by atoms with Gasteiger partial charge >= 0.3 is 0 Å². The molecule has 1 aromatic carbocycles. The molecule has 0 spiro atoms. The molecule has 1 N–H and O–H groups in total. The number of likely N-dealkylation sites (N-methyl/N-ethyl adjacent to an activating group) is 1. The highest BCUT2D eigenvalue weighted by Crippen LogP contribution is 2.23. The van der Waals surface area contributed by atoms with Gasteiger partial charge in [0.2, 0.25) is 0 Å². The molecule has 98 valence electrons. The maximum atomic E-state index is 12.4. The Morgan fingerprint density at radius 3 is 2.78 bits per heavy atom. The van der Waals surface area contributed by atoms with Crippen LogP contribution in [0.1, 0.15) is 22.8 Å². The second kappa shape index (κ2) is 4.98. The Morgan fingerprint density at radius 1 is 1.39 bits per heavy atom. The third-order valence-electron chi connectivity index (χ3n) is 3.72. The molecule has 4 heteroatoms. The Balaban J connectivity index is 2.19. The Bertz CT molecular complexity index is 459. The highest BCUT2D eigenvalue weighted by molar-refractivity contribution is 5.97. The molecule has 0 radical (unpaired) electrons. The molecule has 0 bridgehead atoms. The zero-order valence-corrected chi connectivity index (χ0v) is 11.2. The van der Waals surface area contributed by atoms with E-state index in [1.165, 1.54) is 0 Å². The summed E-state index contributed by atoms with van der Waals surface area (Å²) in [6, 6.07) is 5.66. The van der Waals surface area contributed by atoms with Gasteiger partial charge in [-0.05, 0) is 32.5 Å². The van der Waals surface area contributed by atoms with Crippen molar-refractivity contribution in [2.45, 2.75) is 19.9 Å². The average molecular weight is 248 g/mol. The number of aryl methyl sites for hydroxylation is 1. The van der Waals surface area contributed by atoms with Gasteiger partial charge < -0.3 is 14.9 Å². The van der Waals surface area contributed by atoms with Gasteiger partial charge in [-0.1, -0.05) is 12.1 Å². The maximum absolute atomic E-state index is 12.4. The summed E-state index contributed by atoms with van der Waals surface area (Å²) < 4.78 is 0. The maximum Gasteiger partial charge on any atom is 0.257 e. The Kier molecular flexibility index (Phi) is 3.57. The van der Waals surface area contributed by atoms with Crippen molar-refractivity contribution in [3.05, 3.63) is 29.3 Å². The number of amides is 1. The molecule has 1 unspecified atom stereocenters. The topological polar surface area (TPSA) is 43.8 Å². The summed E-state index contributed by atoms with van der Waals surface area (Å²) in [7, 11) is 2.07. The van der Waals surface area contributed by atoms with E-state index in [0.29, 0.717) is 24.7 Å². The zero-order chi connectivity index (χ0) is 13.3. The Labute approximate surface area is 108 Å². The number of phenols is 1. The summed E-state index contributed by atoms with van der Waals surface area (Å²) in [6.45, 7) is 6.21. The second-order valence-electron chi connectivity index (χ2n) is 5.05. The van der Waals surface area contributed by atoms with Crippen molar-refractivity contribution in [1.29, 1.82) is 0 Å². The van der Waals surface area contributed by atoms with Crippen LogP contribution in [0.15, 0.2) is 18.2 Å². The monoisotopic (exact) mass is 248 g/mol. The van der Waals surface area contributed by atoms with Crippen LogP contribution in [0.3, 0.4) is 0 Å². The van der Waals surface area contributed by atoms with E-state index in [-0.39, 0.29) is 11.7 Å². The van der Waals surface area contributed by atoms with Crippen molar-refractivity contribution in [3.8, 4) is 5.75 Å². The number of para-hydroxylation sites is 1. The van der Waals surface area contributed by atoms with Crippen LogP contribution in [0, 0.1) is 6.92 Å². The SMILES string of the molecule is Cc1cccc(C(=O)N2CCN(C)C(C)C2)c1O. The minimum atomic E-state index is -0.0730. The van der Waals surface area contributed by atoms with Crippen LogP contribution in [0.4, 0.5) is 0 Å². The first-order valence-corrected chi connectivity index (χ1v) is 6.29. The van der Waals surface area contributed by atoms with Gasteiger partial charge in [-0.15, -0.1) is 0 Å². The van der Waals surface area contributed by atoms with Crippen molar-refractivity contribution in [1.82, 2.24) is 9.80 Å². The summed E-state index contributed by atoms with van der Waals surface area (Å²) in [5.74, 6) is 0.0326. The molecule has 1 atom stereocenters. The van der Waals surface area contributed by atoms with E-state index in [1.54, 1.807) is 19.1 Å². The first-order valence-electron chi connectivity index (χ1n) is 6.29. The van der Waals surface area contributed by atoms with Crippen LogP contribution in [-0.2, 0) is 0 Å². The quantitative estimate of drug-likeness (QED) is 0.818. The lowest BCUT2D eigenvalue weighted by molar-refractivity contribution is 0.0569. The van der Waals surface area contributed by atoms with Crippen LogP contribution in [0.2, 0.25) is 0 Å². The molecule has 18 heavy (non-hydrogen) atoms. The summed E-state index contributed by atoms with van der Waals surface area (Å²) in [5.41, 5.74) is 1.15. The lowest BCUT2D eigenvalue weighted by Crippen LogP contribution is -2.52. The van der Waals surface area contributed by atoms with Crippen molar-refractivity contribution < 1.29 is 9.90 Å². The fourth-order valence-electron chi connectivity index (χ4n) is 2.23. The Morgan fingerprint density at radius 2 is 2.11 bits per heavy atom. The van der Waals surface area contributed by atoms with Crippen LogP contribution < -0.4 is 0 Å². The van der Waals surface area contributed by atoms with Crippen LogP contribution in [0.5, 0.6) is 5.75 Å². The summed E-state index contributed by atoms with van der Waals surface area (Å²) >= 11 is 0. The van der Waals surface area contributed by atoms with Crippen molar-refractivity contribution in [2.24, 2.45) is 0 Å². The average Bonchev–Trinajstić information content (AvgIpc) is 2.35. The number of aromatic hydroxyl groups is 1. The van der Waals surface area contributed by atoms with E-state index >= 15 is 0 Å². The van der Waals surface area contributed by atoms with Gasteiger partial charge in [-0.2, -0.15) is 0 Å².